The van der Waals surface area contributed by atoms with Crippen molar-refractivity contribution in [1.29, 1.82) is 0 Å². The van der Waals surface area contributed by atoms with Gasteiger partial charge in [-0.25, -0.2) is 4.98 Å². The molecule has 1 heterocycles. The molecular formula is C20H20N2O2S. The summed E-state index contributed by atoms with van der Waals surface area (Å²) in [6.07, 6.45) is 1.32. The highest BCUT2D eigenvalue weighted by molar-refractivity contribution is 7.22. The molecule has 4 nitrogen and oxygen atoms in total. The van der Waals surface area contributed by atoms with Gasteiger partial charge >= 0.3 is 0 Å². The topological polar surface area (TPSA) is 59.1 Å². The van der Waals surface area contributed by atoms with E-state index < -0.39 is 0 Å². The number of hydrogen-bond donors (Lipinski definition) is 1. The van der Waals surface area contributed by atoms with E-state index in [1.54, 1.807) is 12.1 Å². The summed E-state index contributed by atoms with van der Waals surface area (Å²) >= 11 is 1.46. The van der Waals surface area contributed by atoms with Crippen molar-refractivity contribution in [3.8, 4) is 0 Å². The van der Waals surface area contributed by atoms with Crippen LogP contribution in [0.15, 0.2) is 42.5 Å². The molecule has 3 rings (SSSR count). The van der Waals surface area contributed by atoms with Crippen molar-refractivity contribution in [2.45, 2.75) is 33.1 Å². The van der Waals surface area contributed by atoms with Crippen LogP contribution in [0.1, 0.15) is 41.3 Å². The van der Waals surface area contributed by atoms with Crippen LogP contribution in [0.25, 0.3) is 10.2 Å². The second kappa shape index (κ2) is 7.57. The molecule has 0 atom stereocenters. The summed E-state index contributed by atoms with van der Waals surface area (Å²) in [4.78, 5) is 28.7. The van der Waals surface area contributed by atoms with E-state index in [2.05, 4.69) is 23.3 Å². The van der Waals surface area contributed by atoms with E-state index >= 15 is 0 Å². The summed E-state index contributed by atoms with van der Waals surface area (Å²) in [5.74, 6) is -0.206. The lowest BCUT2D eigenvalue weighted by atomic mass is 10.1. The molecule has 128 valence electrons. The molecule has 0 aliphatic carbocycles. The van der Waals surface area contributed by atoms with Gasteiger partial charge in [-0.2, -0.15) is 0 Å². The second-order valence-electron chi connectivity index (χ2n) is 6.01. The Morgan fingerprint density at radius 3 is 2.56 bits per heavy atom. The fraction of sp³-hybridized carbons (Fsp3) is 0.250. The quantitative estimate of drug-likeness (QED) is 0.650. The Hall–Kier alpha value is -2.53. The van der Waals surface area contributed by atoms with Gasteiger partial charge in [0.15, 0.2) is 10.9 Å². The lowest BCUT2D eigenvalue weighted by Gasteiger charge is -2.02. The highest BCUT2D eigenvalue weighted by Gasteiger charge is 2.11. The zero-order valence-electron chi connectivity index (χ0n) is 14.3. The van der Waals surface area contributed by atoms with Crippen LogP contribution in [-0.2, 0) is 11.2 Å². The van der Waals surface area contributed by atoms with Gasteiger partial charge in [-0.1, -0.05) is 54.2 Å². The Bertz CT molecular complexity index is 913. The standard InChI is InChI=1S/C20H20N2O2S/c1-3-14-6-9-16-18(12-14)25-20(21-16)22-19(24)11-10-17(23)15-7-4-13(2)5-8-15/h4-9,12H,3,10-11H2,1-2H3,(H,21,22,24). The monoisotopic (exact) mass is 352 g/mol. The van der Waals surface area contributed by atoms with Crippen LogP contribution in [0.2, 0.25) is 0 Å². The molecule has 1 N–H and O–H groups in total. The molecule has 0 bridgehead atoms. The Balaban J connectivity index is 1.58. The molecule has 0 saturated carbocycles. The van der Waals surface area contributed by atoms with Crippen LogP contribution >= 0.6 is 11.3 Å². The number of hydrogen-bond acceptors (Lipinski definition) is 4. The van der Waals surface area contributed by atoms with Gasteiger partial charge in [0.2, 0.25) is 5.91 Å². The van der Waals surface area contributed by atoms with Gasteiger partial charge in [0.05, 0.1) is 10.2 Å². The minimum atomic E-state index is -0.185. The number of Topliss-reactive ketones (excluding diaryl/α,β-unsaturated/α-hetero) is 1. The van der Waals surface area contributed by atoms with Crippen molar-refractivity contribution in [2.24, 2.45) is 0 Å². The van der Waals surface area contributed by atoms with E-state index in [0.717, 1.165) is 22.2 Å². The third-order valence-electron chi connectivity index (χ3n) is 4.06. The first kappa shape index (κ1) is 17.3. The van der Waals surface area contributed by atoms with Gasteiger partial charge in [-0.3, -0.25) is 9.59 Å². The number of anilines is 1. The van der Waals surface area contributed by atoms with Crippen molar-refractivity contribution < 1.29 is 9.59 Å². The number of aromatic nitrogens is 1. The summed E-state index contributed by atoms with van der Waals surface area (Å²) in [5.41, 5.74) is 3.88. The smallest absolute Gasteiger partial charge is 0.226 e. The van der Waals surface area contributed by atoms with Gasteiger partial charge in [0.1, 0.15) is 0 Å². The van der Waals surface area contributed by atoms with Crippen molar-refractivity contribution in [1.82, 2.24) is 4.98 Å². The maximum atomic E-state index is 12.1. The van der Waals surface area contributed by atoms with E-state index in [-0.39, 0.29) is 24.5 Å². The van der Waals surface area contributed by atoms with Gasteiger partial charge in [-0.15, -0.1) is 0 Å². The van der Waals surface area contributed by atoms with Crippen molar-refractivity contribution in [3.05, 3.63) is 59.2 Å². The molecule has 0 spiro atoms. The largest absolute Gasteiger partial charge is 0.302 e. The second-order valence-corrected chi connectivity index (χ2v) is 7.04. The summed E-state index contributed by atoms with van der Waals surface area (Å²) < 4.78 is 1.06. The van der Waals surface area contributed by atoms with E-state index in [4.69, 9.17) is 0 Å². The number of rotatable bonds is 6. The van der Waals surface area contributed by atoms with Crippen molar-refractivity contribution >= 4 is 38.4 Å². The number of aryl methyl sites for hydroxylation is 2. The molecule has 2 aromatic carbocycles. The van der Waals surface area contributed by atoms with Crippen LogP contribution in [0.5, 0.6) is 0 Å². The van der Waals surface area contributed by atoms with Crippen LogP contribution in [-0.4, -0.2) is 16.7 Å². The first-order valence-electron chi connectivity index (χ1n) is 8.34. The summed E-state index contributed by atoms with van der Waals surface area (Å²) in [6, 6.07) is 13.5. The zero-order valence-corrected chi connectivity index (χ0v) is 15.2. The Labute approximate surface area is 150 Å². The number of nitrogens with one attached hydrogen (secondary N) is 1. The van der Waals surface area contributed by atoms with Gasteiger partial charge in [-0.05, 0) is 31.0 Å². The first-order valence-corrected chi connectivity index (χ1v) is 9.16. The molecule has 25 heavy (non-hydrogen) atoms. The number of benzene rings is 2. The number of carbonyl (C=O) groups is 2. The maximum Gasteiger partial charge on any atom is 0.226 e. The summed E-state index contributed by atoms with van der Waals surface area (Å²) in [5, 5.41) is 3.38. The highest BCUT2D eigenvalue weighted by Crippen LogP contribution is 2.27. The molecule has 0 aliphatic rings. The number of amides is 1. The molecule has 0 aliphatic heterocycles. The summed E-state index contributed by atoms with van der Waals surface area (Å²) in [6.45, 7) is 4.08. The molecular weight excluding hydrogens is 332 g/mol. The van der Waals surface area contributed by atoms with Gasteiger partial charge < -0.3 is 5.32 Å². The molecule has 0 radical (unpaired) electrons. The third kappa shape index (κ3) is 4.31. The van der Waals surface area contributed by atoms with Crippen LogP contribution < -0.4 is 5.32 Å². The molecule has 1 amide bonds. The molecule has 3 aromatic rings. The number of ketones is 1. The fourth-order valence-corrected chi connectivity index (χ4v) is 3.48. The predicted molar refractivity (Wildman–Crippen MR) is 102 cm³/mol. The highest BCUT2D eigenvalue weighted by atomic mass is 32.1. The van der Waals surface area contributed by atoms with Gasteiger partial charge in [0, 0.05) is 18.4 Å². The van der Waals surface area contributed by atoms with Crippen LogP contribution in [0, 0.1) is 6.92 Å². The van der Waals surface area contributed by atoms with Crippen LogP contribution in [0.4, 0.5) is 5.13 Å². The van der Waals surface area contributed by atoms with E-state index in [9.17, 15) is 9.59 Å². The third-order valence-corrected chi connectivity index (χ3v) is 4.99. The fourth-order valence-electron chi connectivity index (χ4n) is 2.54. The number of nitrogens with zero attached hydrogens (tertiary/aromatic N) is 1. The number of fused-ring (bicyclic) bond motifs is 1. The predicted octanol–water partition coefficient (Wildman–Crippen LogP) is 4.77. The molecule has 0 saturated heterocycles. The molecule has 0 fully saturated rings. The minimum absolute atomic E-state index is 0.0213. The lowest BCUT2D eigenvalue weighted by Crippen LogP contribution is -2.13. The molecule has 0 unspecified atom stereocenters. The van der Waals surface area contributed by atoms with Crippen LogP contribution in [0.3, 0.4) is 0 Å². The Morgan fingerprint density at radius 1 is 1.08 bits per heavy atom. The SMILES string of the molecule is CCc1ccc2nc(NC(=O)CCC(=O)c3ccc(C)cc3)sc2c1. The van der Waals surface area contributed by atoms with Crippen molar-refractivity contribution in [3.63, 3.8) is 0 Å². The van der Waals surface area contributed by atoms with E-state index in [0.29, 0.717) is 10.7 Å². The lowest BCUT2D eigenvalue weighted by molar-refractivity contribution is -0.116. The number of carbonyl (C=O) groups excluding carboxylic acids is 2. The first-order chi connectivity index (χ1) is 12.0. The normalized spacial score (nSPS) is 10.8. The molecule has 1 aromatic heterocycles. The summed E-state index contributed by atoms with van der Waals surface area (Å²) in [7, 11) is 0. The van der Waals surface area contributed by atoms with E-state index in [1.807, 2.05) is 31.2 Å². The van der Waals surface area contributed by atoms with E-state index in [1.165, 1.54) is 16.9 Å². The van der Waals surface area contributed by atoms with Gasteiger partial charge in [0.25, 0.3) is 0 Å². The number of thiazole rings is 1. The van der Waals surface area contributed by atoms with Crippen molar-refractivity contribution in [2.75, 3.05) is 5.32 Å². The minimum Gasteiger partial charge on any atom is -0.302 e. The average molecular weight is 352 g/mol. The zero-order chi connectivity index (χ0) is 17.8. The molecule has 5 heteroatoms. The Morgan fingerprint density at radius 2 is 1.84 bits per heavy atom. The average Bonchev–Trinajstić information content (AvgIpc) is 3.01. The maximum absolute atomic E-state index is 12.1. The Kier molecular flexibility index (Phi) is 5.24.